The van der Waals surface area contributed by atoms with E-state index in [0.29, 0.717) is 31.4 Å². The maximum absolute atomic E-state index is 13.1. The summed E-state index contributed by atoms with van der Waals surface area (Å²) in [5.41, 5.74) is 4.95. The maximum Gasteiger partial charge on any atom is 0.254 e. The smallest absolute Gasteiger partial charge is 0.254 e. The monoisotopic (exact) mass is 345 g/mol. The second-order valence-electron chi connectivity index (χ2n) is 6.33. The number of morpholine rings is 1. The fourth-order valence-electron chi connectivity index (χ4n) is 3.22. The summed E-state index contributed by atoms with van der Waals surface area (Å²) in [6.07, 6.45) is 0. The average molecular weight is 345 g/mol. The Balaban J connectivity index is 2.01. The zero-order valence-corrected chi connectivity index (χ0v) is 15.1. The van der Waals surface area contributed by atoms with Gasteiger partial charge in [-0.1, -0.05) is 23.8 Å². The lowest BCUT2D eigenvalue weighted by atomic mass is 9.90. The van der Waals surface area contributed by atoms with Crippen LogP contribution in [-0.2, 0) is 9.53 Å². The Morgan fingerprint density at radius 1 is 1.25 bits per heavy atom. The highest BCUT2D eigenvalue weighted by Crippen LogP contribution is 2.31. The fourth-order valence-corrected chi connectivity index (χ4v) is 3.49. The maximum atomic E-state index is 13.1. The molecule has 2 N–H and O–H groups in total. The number of aryl methyl sites for hydroxylation is 2. The van der Waals surface area contributed by atoms with Gasteiger partial charge in [0.2, 0.25) is 0 Å². The van der Waals surface area contributed by atoms with Gasteiger partial charge in [-0.15, -0.1) is 0 Å². The number of rotatable bonds is 2. The summed E-state index contributed by atoms with van der Waals surface area (Å²) in [5.74, 6) is 0.0456. The number of carbonyl (C=O) groups is 1. The predicted molar refractivity (Wildman–Crippen MR) is 97.6 cm³/mol. The number of ether oxygens (including phenoxy) is 1. The van der Waals surface area contributed by atoms with Crippen LogP contribution in [0.4, 0.5) is 0 Å². The van der Waals surface area contributed by atoms with E-state index in [4.69, 9.17) is 17.0 Å². The van der Waals surface area contributed by atoms with E-state index in [0.717, 1.165) is 28.0 Å². The summed E-state index contributed by atoms with van der Waals surface area (Å²) in [4.78, 5) is 15.0. The van der Waals surface area contributed by atoms with Crippen molar-refractivity contribution in [1.29, 1.82) is 0 Å². The topological polar surface area (TPSA) is 53.6 Å². The lowest BCUT2D eigenvalue weighted by Crippen LogP contribution is -2.49. The van der Waals surface area contributed by atoms with Crippen molar-refractivity contribution in [2.45, 2.75) is 26.8 Å². The van der Waals surface area contributed by atoms with Crippen molar-refractivity contribution >= 4 is 23.2 Å². The number of benzene rings is 1. The van der Waals surface area contributed by atoms with Crippen LogP contribution >= 0.6 is 12.2 Å². The molecular weight excluding hydrogens is 322 g/mol. The van der Waals surface area contributed by atoms with Crippen molar-refractivity contribution in [2.75, 3.05) is 26.3 Å². The van der Waals surface area contributed by atoms with Gasteiger partial charge in [0.25, 0.3) is 5.91 Å². The number of amides is 1. The van der Waals surface area contributed by atoms with Gasteiger partial charge < -0.3 is 20.3 Å². The van der Waals surface area contributed by atoms with Gasteiger partial charge in [-0.2, -0.15) is 0 Å². The van der Waals surface area contributed by atoms with Gasteiger partial charge in [-0.3, -0.25) is 4.79 Å². The molecule has 1 saturated heterocycles. The molecule has 0 aliphatic carbocycles. The van der Waals surface area contributed by atoms with Crippen molar-refractivity contribution in [2.24, 2.45) is 0 Å². The molecule has 128 valence electrons. The summed E-state index contributed by atoms with van der Waals surface area (Å²) in [7, 11) is 0. The SMILES string of the molecule is CC1=C(C(=O)N2CCOCC2)C(c2cc(C)ccc2C)NC(=S)N1. The van der Waals surface area contributed by atoms with E-state index in [1.807, 2.05) is 11.8 Å². The van der Waals surface area contributed by atoms with Crippen LogP contribution in [0.3, 0.4) is 0 Å². The lowest BCUT2D eigenvalue weighted by Gasteiger charge is -2.35. The molecule has 6 heteroatoms. The first kappa shape index (κ1) is 16.9. The van der Waals surface area contributed by atoms with Crippen LogP contribution in [0.2, 0.25) is 0 Å². The molecule has 3 rings (SSSR count). The molecule has 1 amide bonds. The van der Waals surface area contributed by atoms with Crippen LogP contribution in [0.1, 0.15) is 29.7 Å². The summed E-state index contributed by atoms with van der Waals surface area (Å²) < 4.78 is 5.37. The molecule has 0 bridgehead atoms. The zero-order chi connectivity index (χ0) is 17.3. The summed E-state index contributed by atoms with van der Waals surface area (Å²) in [5, 5.41) is 6.94. The Kier molecular flexibility index (Phi) is 4.87. The Bertz CT molecular complexity index is 708. The van der Waals surface area contributed by atoms with E-state index in [2.05, 4.69) is 42.7 Å². The minimum Gasteiger partial charge on any atom is -0.378 e. The van der Waals surface area contributed by atoms with E-state index in [-0.39, 0.29) is 11.9 Å². The zero-order valence-electron chi connectivity index (χ0n) is 14.3. The van der Waals surface area contributed by atoms with Crippen molar-refractivity contribution in [3.63, 3.8) is 0 Å². The molecule has 1 atom stereocenters. The molecule has 24 heavy (non-hydrogen) atoms. The molecule has 2 aliphatic heterocycles. The number of allylic oxidation sites excluding steroid dienone is 1. The molecule has 5 nitrogen and oxygen atoms in total. The number of thiocarbonyl (C=S) groups is 1. The average Bonchev–Trinajstić information content (AvgIpc) is 2.56. The first-order valence-corrected chi connectivity index (χ1v) is 8.60. The molecule has 2 aliphatic rings. The van der Waals surface area contributed by atoms with Crippen LogP contribution in [0.5, 0.6) is 0 Å². The second-order valence-corrected chi connectivity index (χ2v) is 6.74. The molecule has 0 aromatic heterocycles. The Hall–Kier alpha value is -1.92. The Morgan fingerprint density at radius 2 is 1.96 bits per heavy atom. The molecule has 1 aromatic rings. The molecule has 1 aromatic carbocycles. The van der Waals surface area contributed by atoms with Gasteiger partial charge in [0.05, 0.1) is 24.8 Å². The van der Waals surface area contributed by atoms with E-state index < -0.39 is 0 Å². The standard InChI is InChI=1S/C18H23N3O2S/c1-11-4-5-12(2)14(10-11)16-15(13(3)19-18(24)20-16)17(22)21-6-8-23-9-7-21/h4-5,10,16H,6-9H2,1-3H3,(H2,19,20,24). The van der Waals surface area contributed by atoms with E-state index in [1.165, 1.54) is 0 Å². The van der Waals surface area contributed by atoms with E-state index in [9.17, 15) is 4.79 Å². The lowest BCUT2D eigenvalue weighted by molar-refractivity contribution is -0.131. The molecule has 2 heterocycles. The molecule has 1 fully saturated rings. The predicted octanol–water partition coefficient (Wildman–Crippen LogP) is 1.96. The molecule has 1 unspecified atom stereocenters. The van der Waals surface area contributed by atoms with Gasteiger partial charge in [-0.05, 0) is 44.1 Å². The fraction of sp³-hybridized carbons (Fsp3) is 0.444. The van der Waals surface area contributed by atoms with Gasteiger partial charge in [0.1, 0.15) is 0 Å². The first-order valence-electron chi connectivity index (χ1n) is 8.20. The van der Waals surface area contributed by atoms with E-state index >= 15 is 0 Å². The Morgan fingerprint density at radius 3 is 2.67 bits per heavy atom. The minimum absolute atomic E-state index is 0.0456. The third-order valence-corrected chi connectivity index (χ3v) is 4.76. The molecular formula is C18H23N3O2S. The van der Waals surface area contributed by atoms with Crippen molar-refractivity contribution < 1.29 is 9.53 Å². The quantitative estimate of drug-likeness (QED) is 0.803. The number of hydrogen-bond acceptors (Lipinski definition) is 3. The summed E-state index contributed by atoms with van der Waals surface area (Å²) >= 11 is 5.33. The van der Waals surface area contributed by atoms with Crippen LogP contribution in [0.25, 0.3) is 0 Å². The van der Waals surface area contributed by atoms with Crippen LogP contribution in [-0.4, -0.2) is 42.2 Å². The van der Waals surface area contributed by atoms with Crippen molar-refractivity contribution in [3.05, 3.63) is 46.2 Å². The van der Waals surface area contributed by atoms with Crippen molar-refractivity contribution in [1.82, 2.24) is 15.5 Å². The number of nitrogens with zero attached hydrogens (tertiary/aromatic N) is 1. The largest absolute Gasteiger partial charge is 0.378 e. The van der Waals surface area contributed by atoms with Crippen molar-refractivity contribution in [3.8, 4) is 0 Å². The van der Waals surface area contributed by atoms with Crippen LogP contribution < -0.4 is 10.6 Å². The van der Waals surface area contributed by atoms with Crippen LogP contribution in [0, 0.1) is 13.8 Å². The normalized spacial score (nSPS) is 21.4. The molecule has 0 spiro atoms. The highest BCUT2D eigenvalue weighted by Gasteiger charge is 2.33. The summed E-state index contributed by atoms with van der Waals surface area (Å²) in [6.45, 7) is 8.46. The highest BCUT2D eigenvalue weighted by molar-refractivity contribution is 7.80. The Labute approximate surface area is 148 Å². The molecule has 0 radical (unpaired) electrons. The number of nitrogens with one attached hydrogen (secondary N) is 2. The van der Waals surface area contributed by atoms with E-state index in [1.54, 1.807) is 0 Å². The third kappa shape index (κ3) is 3.30. The van der Waals surface area contributed by atoms with Gasteiger partial charge >= 0.3 is 0 Å². The minimum atomic E-state index is -0.228. The van der Waals surface area contributed by atoms with Gasteiger partial charge in [-0.25, -0.2) is 0 Å². The van der Waals surface area contributed by atoms with Gasteiger partial charge in [0, 0.05) is 18.8 Å². The first-order chi connectivity index (χ1) is 11.5. The third-order valence-electron chi connectivity index (χ3n) is 4.54. The highest BCUT2D eigenvalue weighted by atomic mass is 32.1. The molecule has 0 saturated carbocycles. The number of carbonyl (C=O) groups excluding carboxylic acids is 1. The number of hydrogen-bond donors (Lipinski definition) is 2. The second kappa shape index (κ2) is 6.91. The van der Waals surface area contributed by atoms with Gasteiger partial charge in [0.15, 0.2) is 5.11 Å². The summed E-state index contributed by atoms with van der Waals surface area (Å²) in [6, 6.07) is 6.07. The van der Waals surface area contributed by atoms with Crippen LogP contribution in [0.15, 0.2) is 29.5 Å².